The molecule has 1 aliphatic carbocycles. The maximum absolute atomic E-state index is 13.0. The topological polar surface area (TPSA) is 118 Å². The molecule has 2 aromatic rings. The summed E-state index contributed by atoms with van der Waals surface area (Å²) in [5.41, 5.74) is 1.21. The quantitative estimate of drug-likeness (QED) is 0.378. The number of nitro groups is 1. The molecule has 0 radical (unpaired) electrons. The Kier molecular flexibility index (Phi) is 6.52. The highest BCUT2D eigenvalue weighted by molar-refractivity contribution is 7.89. The van der Waals surface area contributed by atoms with E-state index in [4.69, 9.17) is 0 Å². The van der Waals surface area contributed by atoms with E-state index in [9.17, 15) is 23.3 Å². The Balaban J connectivity index is 1.62. The zero-order chi connectivity index (χ0) is 21.8. The van der Waals surface area contributed by atoms with E-state index in [0.717, 1.165) is 42.9 Å². The van der Waals surface area contributed by atoms with E-state index in [1.807, 2.05) is 31.2 Å². The number of rotatable bonds is 8. The van der Waals surface area contributed by atoms with Crippen molar-refractivity contribution in [2.24, 2.45) is 0 Å². The maximum atomic E-state index is 13.0. The van der Waals surface area contributed by atoms with Gasteiger partial charge in [-0.2, -0.15) is 0 Å². The summed E-state index contributed by atoms with van der Waals surface area (Å²) in [7, 11) is -3.91. The number of hydrogen-bond donors (Lipinski definition) is 2. The van der Waals surface area contributed by atoms with E-state index in [-0.39, 0.29) is 29.6 Å². The molecule has 2 aromatic carbocycles. The lowest BCUT2D eigenvalue weighted by molar-refractivity contribution is -0.385. The Bertz CT molecular complexity index is 1050. The second-order valence-electron chi connectivity index (χ2n) is 7.57. The largest absolute Gasteiger partial charge is 0.354 e. The molecule has 1 amide bonds. The zero-order valence-corrected chi connectivity index (χ0v) is 17.6. The van der Waals surface area contributed by atoms with Crippen LogP contribution in [0.25, 0.3) is 0 Å². The summed E-state index contributed by atoms with van der Waals surface area (Å²) < 4.78 is 27.2. The highest BCUT2D eigenvalue weighted by Gasteiger charge is 2.42. The molecule has 1 saturated carbocycles. The number of nitrogens with one attached hydrogen (secondary N) is 2. The first-order valence-electron chi connectivity index (χ1n) is 9.84. The van der Waals surface area contributed by atoms with Gasteiger partial charge in [-0.25, -0.2) is 13.1 Å². The van der Waals surface area contributed by atoms with Crippen LogP contribution in [0.4, 0.5) is 5.69 Å². The Morgan fingerprint density at radius 1 is 1.10 bits per heavy atom. The summed E-state index contributed by atoms with van der Waals surface area (Å²) >= 11 is 0. The molecule has 0 atom stereocenters. The number of carbonyl (C=O) groups excluding carboxylic acids is 1. The van der Waals surface area contributed by atoms with Crippen LogP contribution in [0.1, 0.15) is 36.8 Å². The summed E-state index contributed by atoms with van der Waals surface area (Å²) in [5.74, 6) is -0.0971. The van der Waals surface area contributed by atoms with Gasteiger partial charge in [0.05, 0.1) is 15.2 Å². The lowest BCUT2D eigenvalue weighted by Gasteiger charge is -2.28. The first-order chi connectivity index (χ1) is 14.2. The van der Waals surface area contributed by atoms with Crippen LogP contribution in [-0.4, -0.2) is 32.3 Å². The molecule has 1 aliphatic rings. The van der Waals surface area contributed by atoms with Gasteiger partial charge in [-0.05, 0) is 31.4 Å². The number of amides is 1. The number of aryl methyl sites for hydroxylation is 1. The summed E-state index contributed by atoms with van der Waals surface area (Å²) in [6.07, 6.45) is 3.48. The number of nitro benzene ring substituents is 1. The average molecular weight is 432 g/mol. The van der Waals surface area contributed by atoms with Crippen LogP contribution in [0.3, 0.4) is 0 Å². The Labute approximate surface area is 175 Å². The van der Waals surface area contributed by atoms with Gasteiger partial charge < -0.3 is 5.32 Å². The zero-order valence-electron chi connectivity index (χ0n) is 16.8. The lowest BCUT2D eigenvalue weighted by atomic mass is 9.77. The van der Waals surface area contributed by atoms with Crippen molar-refractivity contribution >= 4 is 21.6 Å². The molecule has 8 nitrogen and oxygen atoms in total. The molecule has 0 spiro atoms. The number of nitrogens with zero attached hydrogens (tertiary/aromatic N) is 1. The monoisotopic (exact) mass is 431 g/mol. The Hall–Kier alpha value is -2.78. The molecular formula is C21H25N3O5S. The van der Waals surface area contributed by atoms with Crippen molar-refractivity contribution in [3.63, 3.8) is 0 Å². The summed E-state index contributed by atoms with van der Waals surface area (Å²) in [6, 6.07) is 12.8. The van der Waals surface area contributed by atoms with Gasteiger partial charge in [0.2, 0.25) is 15.9 Å². The van der Waals surface area contributed by atoms with Gasteiger partial charge in [-0.1, -0.05) is 48.7 Å². The minimum absolute atomic E-state index is 0.0132. The van der Waals surface area contributed by atoms with E-state index >= 15 is 0 Å². The van der Waals surface area contributed by atoms with Crippen LogP contribution in [0, 0.1) is 17.0 Å². The molecule has 3 rings (SSSR count). The van der Waals surface area contributed by atoms with Gasteiger partial charge in [0.25, 0.3) is 5.69 Å². The molecule has 1 fully saturated rings. The highest BCUT2D eigenvalue weighted by Crippen LogP contribution is 2.41. The van der Waals surface area contributed by atoms with E-state index in [1.54, 1.807) is 0 Å². The van der Waals surface area contributed by atoms with Crippen molar-refractivity contribution in [1.82, 2.24) is 10.0 Å². The number of benzene rings is 2. The first kappa shape index (κ1) is 21.9. The Morgan fingerprint density at radius 2 is 1.80 bits per heavy atom. The fourth-order valence-corrected chi connectivity index (χ4v) is 5.02. The van der Waals surface area contributed by atoms with Gasteiger partial charge >= 0.3 is 0 Å². The van der Waals surface area contributed by atoms with E-state index < -0.39 is 20.4 Å². The summed E-state index contributed by atoms with van der Waals surface area (Å²) in [4.78, 5) is 23.0. The molecular weight excluding hydrogens is 406 g/mol. The molecule has 0 unspecified atom stereocenters. The number of carbonyl (C=O) groups is 1. The van der Waals surface area contributed by atoms with Crippen molar-refractivity contribution < 1.29 is 18.1 Å². The van der Waals surface area contributed by atoms with Gasteiger partial charge in [0.1, 0.15) is 0 Å². The van der Waals surface area contributed by atoms with Crippen molar-refractivity contribution in [1.29, 1.82) is 0 Å². The second kappa shape index (κ2) is 8.93. The van der Waals surface area contributed by atoms with E-state index in [0.29, 0.717) is 0 Å². The van der Waals surface area contributed by atoms with Crippen LogP contribution >= 0.6 is 0 Å². The highest BCUT2D eigenvalue weighted by atomic mass is 32.2. The second-order valence-corrected chi connectivity index (χ2v) is 9.33. The fourth-order valence-electron chi connectivity index (χ4n) is 3.95. The van der Waals surface area contributed by atoms with Crippen molar-refractivity contribution in [3.05, 3.63) is 69.8 Å². The molecule has 9 heteroatoms. The molecule has 0 aromatic heterocycles. The maximum Gasteiger partial charge on any atom is 0.270 e. The SMILES string of the molecule is Cc1cccc(C2(C(=O)NCCNS(=O)(=O)c3cccc([N+](=O)[O-])c3)CCCC2)c1. The smallest absolute Gasteiger partial charge is 0.270 e. The van der Waals surface area contributed by atoms with Crippen LogP contribution in [0.5, 0.6) is 0 Å². The lowest BCUT2D eigenvalue weighted by Crippen LogP contribution is -2.45. The third-order valence-electron chi connectivity index (χ3n) is 5.50. The van der Waals surface area contributed by atoms with Crippen LogP contribution in [-0.2, 0) is 20.2 Å². The number of hydrogen-bond acceptors (Lipinski definition) is 5. The molecule has 0 saturated heterocycles. The van der Waals surface area contributed by atoms with Crippen LogP contribution < -0.4 is 10.0 Å². The summed E-state index contributed by atoms with van der Waals surface area (Å²) in [6.45, 7) is 2.11. The van der Waals surface area contributed by atoms with Crippen molar-refractivity contribution in [2.45, 2.75) is 42.9 Å². The number of non-ortho nitro benzene ring substituents is 1. The van der Waals surface area contributed by atoms with Gasteiger partial charge in [0.15, 0.2) is 0 Å². The third-order valence-corrected chi connectivity index (χ3v) is 6.96. The van der Waals surface area contributed by atoms with E-state index in [1.165, 1.54) is 18.2 Å². The molecule has 0 heterocycles. The molecule has 160 valence electrons. The predicted octanol–water partition coefficient (Wildman–Crippen LogP) is 2.81. The van der Waals surface area contributed by atoms with Gasteiger partial charge in [0, 0.05) is 25.2 Å². The predicted molar refractivity (Wildman–Crippen MR) is 113 cm³/mol. The van der Waals surface area contributed by atoms with Crippen LogP contribution in [0.15, 0.2) is 53.4 Å². The normalized spacial score (nSPS) is 15.6. The van der Waals surface area contributed by atoms with Crippen molar-refractivity contribution in [3.8, 4) is 0 Å². The van der Waals surface area contributed by atoms with Gasteiger partial charge in [-0.3, -0.25) is 14.9 Å². The standard InChI is InChI=1S/C21H25N3O5S/c1-16-6-4-7-17(14-16)21(10-2-3-11-21)20(25)22-12-13-23-30(28,29)19-9-5-8-18(15-19)24(26)27/h4-9,14-15,23H,2-3,10-13H2,1H3,(H,22,25). The number of sulfonamides is 1. The van der Waals surface area contributed by atoms with Gasteiger partial charge in [-0.15, -0.1) is 0 Å². The fraction of sp³-hybridized carbons (Fsp3) is 0.381. The molecule has 2 N–H and O–H groups in total. The molecule has 30 heavy (non-hydrogen) atoms. The van der Waals surface area contributed by atoms with Crippen LogP contribution in [0.2, 0.25) is 0 Å². The van der Waals surface area contributed by atoms with E-state index in [2.05, 4.69) is 10.0 Å². The summed E-state index contributed by atoms with van der Waals surface area (Å²) in [5, 5.41) is 13.7. The minimum atomic E-state index is -3.91. The Morgan fingerprint density at radius 3 is 2.47 bits per heavy atom. The average Bonchev–Trinajstić information content (AvgIpc) is 3.22. The molecule has 0 aliphatic heterocycles. The third kappa shape index (κ3) is 4.68. The molecule has 0 bridgehead atoms. The first-order valence-corrected chi connectivity index (χ1v) is 11.3. The van der Waals surface area contributed by atoms with Crippen molar-refractivity contribution in [2.75, 3.05) is 13.1 Å². The minimum Gasteiger partial charge on any atom is -0.354 e.